The normalized spacial score (nSPS) is 12.2. The van der Waals surface area contributed by atoms with Gasteiger partial charge in [-0.15, -0.1) is 0 Å². The van der Waals surface area contributed by atoms with Crippen LogP contribution in [0.5, 0.6) is 0 Å². The quantitative estimate of drug-likeness (QED) is 0.0358. The molecule has 0 aliphatic rings. The van der Waals surface area contributed by atoms with Crippen LogP contribution in [0.3, 0.4) is 0 Å². The first-order chi connectivity index (χ1) is 25.5. The van der Waals surface area contributed by atoms with Gasteiger partial charge in [0.25, 0.3) is 0 Å². The largest absolute Gasteiger partial charge is 0.466 e. The zero-order valence-corrected chi connectivity index (χ0v) is 34.9. The van der Waals surface area contributed by atoms with Crippen molar-refractivity contribution >= 4 is 11.9 Å². The molecule has 0 heterocycles. The van der Waals surface area contributed by atoms with Crippen molar-refractivity contribution in [3.63, 3.8) is 0 Å². The monoisotopic (exact) mass is 728 g/mol. The van der Waals surface area contributed by atoms with Crippen molar-refractivity contribution in [2.75, 3.05) is 32.8 Å². The Morgan fingerprint density at radius 3 is 1.17 bits per heavy atom. The van der Waals surface area contributed by atoms with Crippen LogP contribution in [0.25, 0.3) is 0 Å². The molecule has 0 fully saturated rings. The molecule has 0 saturated carbocycles. The van der Waals surface area contributed by atoms with Gasteiger partial charge in [0.15, 0.2) is 0 Å². The van der Waals surface area contributed by atoms with Crippen molar-refractivity contribution in [3.8, 4) is 0 Å². The highest BCUT2D eigenvalue weighted by molar-refractivity contribution is 5.70. The molecule has 0 aromatic heterocycles. The Hall–Kier alpha value is -2.14. The van der Waals surface area contributed by atoms with Crippen LogP contribution >= 0.6 is 0 Å². The van der Waals surface area contributed by atoms with E-state index < -0.39 is 0 Å². The van der Waals surface area contributed by atoms with Gasteiger partial charge < -0.3 is 14.4 Å². The molecule has 0 aromatic carbocycles. The molecule has 0 aliphatic heterocycles. The predicted octanol–water partition coefficient (Wildman–Crippen LogP) is 13.8. The molecule has 52 heavy (non-hydrogen) atoms. The van der Waals surface area contributed by atoms with Gasteiger partial charge in [0, 0.05) is 13.1 Å². The van der Waals surface area contributed by atoms with Gasteiger partial charge in [-0.3, -0.25) is 9.59 Å². The summed E-state index contributed by atoms with van der Waals surface area (Å²) < 4.78 is 11.1. The highest BCUT2D eigenvalue weighted by Gasteiger charge is 2.13. The second-order valence-electron chi connectivity index (χ2n) is 15.1. The minimum Gasteiger partial charge on any atom is -0.466 e. The number of unbranched alkanes of at least 4 members (excludes halogenated alkanes) is 18. The first kappa shape index (κ1) is 49.9. The van der Waals surface area contributed by atoms with Crippen molar-refractivity contribution in [1.29, 1.82) is 0 Å². The van der Waals surface area contributed by atoms with E-state index in [2.05, 4.69) is 81.2 Å². The van der Waals surface area contributed by atoms with Gasteiger partial charge in [-0.2, -0.15) is 0 Å². The van der Waals surface area contributed by atoms with Gasteiger partial charge in [0.2, 0.25) is 0 Å². The van der Waals surface area contributed by atoms with Crippen LogP contribution in [0.1, 0.15) is 201 Å². The number of rotatable bonds is 39. The van der Waals surface area contributed by atoms with Crippen LogP contribution in [-0.4, -0.2) is 49.7 Å². The lowest BCUT2D eigenvalue weighted by atomic mass is 10.1. The van der Waals surface area contributed by atoms with Crippen molar-refractivity contribution in [2.24, 2.45) is 5.92 Å². The molecule has 0 bridgehead atoms. The lowest BCUT2D eigenvalue weighted by Gasteiger charge is -2.22. The summed E-state index contributed by atoms with van der Waals surface area (Å²) in [6.45, 7) is 12.1. The molecule has 5 nitrogen and oxygen atoms in total. The summed E-state index contributed by atoms with van der Waals surface area (Å²) in [5, 5.41) is 0. The molecule has 0 aromatic rings. The van der Waals surface area contributed by atoms with E-state index in [-0.39, 0.29) is 11.9 Å². The Balaban J connectivity index is 3.83. The average Bonchev–Trinajstić information content (AvgIpc) is 3.13. The standard InChI is InChI=1S/C47H85NO4/c1-5-7-9-11-13-15-17-19-21-23-25-27-29-31-33-35-43-51-46(49)38-41-48(40-37-45(3)4)42-39-47(50)52-44-36-34-32-30-28-26-24-22-20-18-16-14-12-10-8-6-2/h13-16,19-22,45H,5-12,17-18,23-44H2,1-4H3/b15-13-,16-14-,21-19-,22-20-. The number of carbonyl (C=O) groups is 2. The molecule has 0 spiro atoms. The van der Waals surface area contributed by atoms with Crippen LogP contribution in [0, 0.1) is 5.92 Å². The SMILES string of the molecule is CCCCC/C=C\C/C=C\CCCCCCCCOC(=O)CCN(CCC(=O)OCCCCCCCC/C=C\C/C=C\CCCCC)CCC(C)C. The van der Waals surface area contributed by atoms with Crippen molar-refractivity contribution < 1.29 is 19.1 Å². The van der Waals surface area contributed by atoms with E-state index in [4.69, 9.17) is 9.47 Å². The molecule has 0 amide bonds. The van der Waals surface area contributed by atoms with E-state index in [1.54, 1.807) is 0 Å². The Morgan fingerprint density at radius 1 is 0.462 bits per heavy atom. The summed E-state index contributed by atoms with van der Waals surface area (Å²) >= 11 is 0. The van der Waals surface area contributed by atoms with Crippen molar-refractivity contribution in [3.05, 3.63) is 48.6 Å². The van der Waals surface area contributed by atoms with Gasteiger partial charge in [0.1, 0.15) is 0 Å². The summed E-state index contributed by atoms with van der Waals surface area (Å²) in [6.07, 6.45) is 49.1. The Bertz CT molecular complexity index is 824. The topological polar surface area (TPSA) is 55.8 Å². The van der Waals surface area contributed by atoms with Crippen LogP contribution in [0.2, 0.25) is 0 Å². The maximum Gasteiger partial charge on any atom is 0.307 e. The number of esters is 2. The third kappa shape index (κ3) is 40.6. The third-order valence-corrected chi connectivity index (χ3v) is 9.50. The van der Waals surface area contributed by atoms with E-state index in [0.29, 0.717) is 45.1 Å². The fourth-order valence-corrected chi connectivity index (χ4v) is 5.97. The summed E-state index contributed by atoms with van der Waals surface area (Å²) in [5.74, 6) is 0.322. The molecule has 302 valence electrons. The fraction of sp³-hybridized carbons (Fsp3) is 0.787. The molecule has 0 radical (unpaired) electrons. The number of hydrogen-bond acceptors (Lipinski definition) is 5. The fourth-order valence-electron chi connectivity index (χ4n) is 5.97. The lowest BCUT2D eigenvalue weighted by Crippen LogP contribution is -2.31. The first-order valence-electron chi connectivity index (χ1n) is 22.1. The van der Waals surface area contributed by atoms with Gasteiger partial charge in [-0.25, -0.2) is 0 Å². The maximum absolute atomic E-state index is 12.4. The minimum atomic E-state index is -0.128. The van der Waals surface area contributed by atoms with Crippen LogP contribution < -0.4 is 0 Å². The molecule has 0 N–H and O–H groups in total. The second kappa shape index (κ2) is 41.6. The van der Waals surface area contributed by atoms with Gasteiger partial charge >= 0.3 is 11.9 Å². The predicted molar refractivity (Wildman–Crippen MR) is 226 cm³/mol. The number of ether oxygens (including phenoxy) is 2. The summed E-state index contributed by atoms with van der Waals surface area (Å²) in [7, 11) is 0. The number of hydrogen-bond donors (Lipinski definition) is 0. The number of carbonyl (C=O) groups excluding carboxylic acids is 2. The summed E-state index contributed by atoms with van der Waals surface area (Å²) in [6, 6.07) is 0. The smallest absolute Gasteiger partial charge is 0.307 e. The number of allylic oxidation sites excluding steroid dienone is 8. The molecule has 0 saturated heterocycles. The molecule has 0 rings (SSSR count). The molecular weight excluding hydrogens is 643 g/mol. The molecule has 5 heteroatoms. The first-order valence-corrected chi connectivity index (χ1v) is 22.1. The third-order valence-electron chi connectivity index (χ3n) is 9.50. The van der Waals surface area contributed by atoms with E-state index in [0.717, 1.165) is 51.5 Å². The zero-order valence-electron chi connectivity index (χ0n) is 34.9. The second-order valence-corrected chi connectivity index (χ2v) is 15.1. The van der Waals surface area contributed by atoms with Gasteiger partial charge in [0.05, 0.1) is 26.1 Å². The van der Waals surface area contributed by atoms with Gasteiger partial charge in [-0.1, -0.05) is 153 Å². The van der Waals surface area contributed by atoms with Crippen LogP contribution in [0.15, 0.2) is 48.6 Å². The number of nitrogens with zero attached hydrogens (tertiary/aromatic N) is 1. The minimum absolute atomic E-state index is 0.128. The summed E-state index contributed by atoms with van der Waals surface area (Å²) in [4.78, 5) is 27.0. The lowest BCUT2D eigenvalue weighted by molar-refractivity contribution is -0.144. The average molecular weight is 728 g/mol. The Labute approximate surface area is 323 Å². The van der Waals surface area contributed by atoms with E-state index in [9.17, 15) is 9.59 Å². The van der Waals surface area contributed by atoms with Crippen LogP contribution in [0.4, 0.5) is 0 Å². The Kier molecular flexibility index (Phi) is 39.9. The highest BCUT2D eigenvalue weighted by Crippen LogP contribution is 2.11. The van der Waals surface area contributed by atoms with E-state index >= 15 is 0 Å². The van der Waals surface area contributed by atoms with Crippen LogP contribution in [-0.2, 0) is 19.1 Å². The van der Waals surface area contributed by atoms with Crippen molar-refractivity contribution in [2.45, 2.75) is 201 Å². The maximum atomic E-state index is 12.4. The van der Waals surface area contributed by atoms with E-state index in [1.807, 2.05) is 0 Å². The highest BCUT2D eigenvalue weighted by atomic mass is 16.5. The molecule has 0 atom stereocenters. The summed E-state index contributed by atoms with van der Waals surface area (Å²) in [5.41, 5.74) is 0. The van der Waals surface area contributed by atoms with E-state index in [1.165, 1.54) is 116 Å². The Morgan fingerprint density at radius 2 is 0.808 bits per heavy atom. The molecular formula is C47H85NO4. The zero-order chi connectivity index (χ0) is 38.0. The molecule has 0 unspecified atom stereocenters. The van der Waals surface area contributed by atoms with Crippen molar-refractivity contribution in [1.82, 2.24) is 4.90 Å². The van der Waals surface area contributed by atoms with Gasteiger partial charge in [-0.05, 0) is 95.9 Å². The molecule has 0 aliphatic carbocycles.